The molecule has 1 saturated heterocycles. The highest BCUT2D eigenvalue weighted by Gasteiger charge is 2.76. The quantitative estimate of drug-likeness (QED) is 0.425. The molecule has 5 aliphatic rings. The number of allylic oxidation sites excluding steroid dienone is 4. The van der Waals surface area contributed by atoms with Crippen molar-refractivity contribution in [1.82, 2.24) is 0 Å². The number of aliphatic hydroxyl groups excluding tert-OH is 2. The Bertz CT molecular complexity index is 1660. The van der Waals surface area contributed by atoms with E-state index in [4.69, 9.17) is 9.47 Å². The molecule has 4 aliphatic carbocycles. The predicted octanol–water partition coefficient (Wildman–Crippen LogP) is 4.72. The Morgan fingerprint density at radius 2 is 1.89 bits per heavy atom. The number of carboxylic acid groups (broad SMARTS) is 1. The van der Waals surface area contributed by atoms with E-state index in [-0.39, 0.29) is 41.1 Å². The summed E-state index contributed by atoms with van der Waals surface area (Å²) in [7, 11) is 0. The van der Waals surface area contributed by atoms with Gasteiger partial charge in [0.1, 0.15) is 12.4 Å². The number of carboxylic acids is 1. The molecule has 9 atom stereocenters. The van der Waals surface area contributed by atoms with Crippen molar-refractivity contribution in [3.05, 3.63) is 94.3 Å². The molecule has 7 rings (SSSR count). The summed E-state index contributed by atoms with van der Waals surface area (Å²) in [4.78, 5) is 37.2. The standard InChI is InChI=1S/C36H37FO8/c1-34-11-10-23(39)15-22(34)7-9-24-26-16-30-36(29(41)18-38,35(26,2)17-28(40)31(24)34)45-33(44-30)25-8-6-20(14-27(25)37)12-19-4-3-5-21(13-19)32(42)43/h3-6,8,10-11,13-15,24,26,28,30-31,33,38,40H,7,9,12,16-18H2,1-2H3,(H,42,43)/t24-,26-,28-,30+,31+,33+,34-,35-,36+/m0/s1. The molecular weight excluding hydrogens is 579 g/mol. The van der Waals surface area contributed by atoms with E-state index >= 15 is 4.39 Å². The van der Waals surface area contributed by atoms with Crippen LogP contribution in [-0.4, -0.2) is 57.3 Å². The van der Waals surface area contributed by atoms with Crippen molar-refractivity contribution in [3.8, 4) is 0 Å². The van der Waals surface area contributed by atoms with Gasteiger partial charge in [-0.15, -0.1) is 0 Å². The maximum Gasteiger partial charge on any atom is 0.335 e. The van der Waals surface area contributed by atoms with E-state index in [0.717, 1.165) is 17.6 Å². The second-order valence-electron chi connectivity index (χ2n) is 13.9. The van der Waals surface area contributed by atoms with Gasteiger partial charge in [0.2, 0.25) is 0 Å². The molecular formula is C36H37FO8. The van der Waals surface area contributed by atoms with E-state index in [0.29, 0.717) is 24.8 Å². The molecule has 45 heavy (non-hydrogen) atoms. The van der Waals surface area contributed by atoms with Gasteiger partial charge in [-0.3, -0.25) is 9.59 Å². The number of carbonyl (C=O) groups excluding carboxylic acids is 2. The number of hydrogen-bond acceptors (Lipinski definition) is 7. The Morgan fingerprint density at radius 1 is 1.11 bits per heavy atom. The molecule has 0 unspecified atom stereocenters. The highest BCUT2D eigenvalue weighted by Crippen LogP contribution is 2.70. The first-order valence-electron chi connectivity index (χ1n) is 15.6. The third-order valence-electron chi connectivity index (χ3n) is 11.7. The summed E-state index contributed by atoms with van der Waals surface area (Å²) in [5, 5.41) is 31.3. The highest BCUT2D eigenvalue weighted by atomic mass is 19.1. The van der Waals surface area contributed by atoms with Crippen LogP contribution in [0, 0.1) is 34.4 Å². The average Bonchev–Trinajstić information content (AvgIpc) is 3.49. The van der Waals surface area contributed by atoms with Crippen LogP contribution in [-0.2, 0) is 25.5 Å². The third-order valence-corrected chi connectivity index (χ3v) is 11.7. The zero-order valence-corrected chi connectivity index (χ0v) is 25.2. The van der Waals surface area contributed by atoms with Crippen molar-refractivity contribution in [2.45, 2.75) is 70.1 Å². The zero-order chi connectivity index (χ0) is 31.9. The van der Waals surface area contributed by atoms with Crippen LogP contribution in [0.4, 0.5) is 4.39 Å². The summed E-state index contributed by atoms with van der Waals surface area (Å²) >= 11 is 0. The molecule has 1 heterocycles. The average molecular weight is 617 g/mol. The van der Waals surface area contributed by atoms with Crippen molar-refractivity contribution >= 4 is 17.5 Å². The second kappa shape index (κ2) is 10.5. The van der Waals surface area contributed by atoms with Gasteiger partial charge >= 0.3 is 5.97 Å². The zero-order valence-electron chi connectivity index (χ0n) is 25.2. The van der Waals surface area contributed by atoms with Gasteiger partial charge in [0.25, 0.3) is 0 Å². The molecule has 0 amide bonds. The molecule has 236 valence electrons. The third kappa shape index (κ3) is 4.35. The lowest BCUT2D eigenvalue weighted by Gasteiger charge is -2.59. The van der Waals surface area contributed by atoms with Crippen LogP contribution in [0.25, 0.3) is 0 Å². The monoisotopic (exact) mass is 616 g/mol. The fraction of sp³-hybridized carbons (Fsp3) is 0.472. The first-order valence-corrected chi connectivity index (χ1v) is 15.6. The maximum absolute atomic E-state index is 15.7. The molecule has 2 aromatic rings. The lowest BCUT2D eigenvalue weighted by atomic mass is 9.46. The van der Waals surface area contributed by atoms with E-state index in [9.17, 15) is 29.7 Å². The molecule has 9 heteroatoms. The largest absolute Gasteiger partial charge is 0.478 e. The van der Waals surface area contributed by atoms with Crippen LogP contribution in [0.5, 0.6) is 0 Å². The number of halogens is 1. The van der Waals surface area contributed by atoms with Gasteiger partial charge in [-0.2, -0.15) is 0 Å². The highest BCUT2D eigenvalue weighted by molar-refractivity contribution is 6.01. The number of aromatic carboxylic acids is 1. The molecule has 0 spiro atoms. The van der Waals surface area contributed by atoms with Crippen LogP contribution < -0.4 is 0 Å². The van der Waals surface area contributed by atoms with Gasteiger partial charge in [0.15, 0.2) is 23.5 Å². The van der Waals surface area contributed by atoms with Crippen LogP contribution >= 0.6 is 0 Å². The van der Waals surface area contributed by atoms with Crippen molar-refractivity contribution in [3.63, 3.8) is 0 Å². The number of fused-ring (bicyclic) bond motifs is 7. The number of rotatable bonds is 6. The molecule has 3 N–H and O–H groups in total. The Hall–Kier alpha value is -3.50. The lowest BCUT2D eigenvalue weighted by molar-refractivity contribution is -0.201. The normalized spacial score (nSPS) is 38.2. The van der Waals surface area contributed by atoms with Crippen LogP contribution in [0.15, 0.2) is 66.3 Å². The number of ether oxygens (including phenoxy) is 2. The number of hydrogen-bond donors (Lipinski definition) is 3. The molecule has 8 nitrogen and oxygen atoms in total. The molecule has 0 bridgehead atoms. The van der Waals surface area contributed by atoms with E-state index in [1.54, 1.807) is 42.5 Å². The predicted molar refractivity (Wildman–Crippen MR) is 160 cm³/mol. The number of benzene rings is 2. The Balaban J connectivity index is 1.18. The van der Waals surface area contributed by atoms with Crippen molar-refractivity contribution in [2.75, 3.05) is 6.61 Å². The van der Waals surface area contributed by atoms with Crippen molar-refractivity contribution in [2.24, 2.45) is 28.6 Å². The van der Waals surface area contributed by atoms with Crippen molar-refractivity contribution in [1.29, 1.82) is 0 Å². The fourth-order valence-electron chi connectivity index (χ4n) is 9.75. The number of aliphatic hydroxyl groups is 2. The van der Waals surface area contributed by atoms with Gasteiger partial charge in [-0.25, -0.2) is 9.18 Å². The van der Waals surface area contributed by atoms with Gasteiger partial charge in [0, 0.05) is 22.3 Å². The SMILES string of the molecule is C[C@]12C=CC(=O)C=C1CC[C@@H]1[C@@H]2[C@@H](O)C[C@@]2(C)[C@H]1C[C@H]1O[C@@H](c3ccc(Cc4cccc(C(=O)O)c4)cc3F)O[C@]12C(=O)CO. The van der Waals surface area contributed by atoms with Crippen LogP contribution in [0.1, 0.15) is 72.9 Å². The van der Waals surface area contributed by atoms with E-state index in [1.165, 1.54) is 12.1 Å². The molecule has 0 aromatic heterocycles. The summed E-state index contributed by atoms with van der Waals surface area (Å²) in [6.45, 7) is 3.24. The number of Topliss-reactive ketones (excluding diaryl/α,β-unsaturated/α-hetero) is 1. The van der Waals surface area contributed by atoms with Crippen LogP contribution in [0.3, 0.4) is 0 Å². The summed E-state index contributed by atoms with van der Waals surface area (Å²) in [6, 6.07) is 11.1. The number of ketones is 2. The molecule has 3 saturated carbocycles. The molecule has 4 fully saturated rings. The van der Waals surface area contributed by atoms with Gasteiger partial charge < -0.3 is 24.8 Å². The minimum Gasteiger partial charge on any atom is -0.478 e. The summed E-state index contributed by atoms with van der Waals surface area (Å²) in [5.74, 6) is -2.39. The summed E-state index contributed by atoms with van der Waals surface area (Å²) < 4.78 is 28.6. The molecule has 0 radical (unpaired) electrons. The summed E-state index contributed by atoms with van der Waals surface area (Å²) in [5.41, 5.74) is -0.274. The van der Waals surface area contributed by atoms with Gasteiger partial charge in [-0.1, -0.05) is 49.8 Å². The topological polar surface area (TPSA) is 130 Å². The summed E-state index contributed by atoms with van der Waals surface area (Å²) in [6.07, 6.45) is 4.94. The first kappa shape index (κ1) is 30.2. The van der Waals surface area contributed by atoms with Gasteiger partial charge in [0.05, 0.1) is 17.8 Å². The Morgan fingerprint density at radius 3 is 2.62 bits per heavy atom. The van der Waals surface area contributed by atoms with E-state index in [2.05, 4.69) is 6.92 Å². The molecule has 1 aliphatic heterocycles. The Kier molecular flexibility index (Phi) is 7.05. The van der Waals surface area contributed by atoms with Gasteiger partial charge in [-0.05, 0) is 85.4 Å². The first-order chi connectivity index (χ1) is 21.4. The molecule has 2 aromatic carbocycles. The fourth-order valence-corrected chi connectivity index (χ4v) is 9.75. The number of carbonyl (C=O) groups is 3. The smallest absolute Gasteiger partial charge is 0.335 e. The second-order valence-corrected chi connectivity index (χ2v) is 13.9. The lowest BCUT2D eigenvalue weighted by Crippen LogP contribution is -2.63. The van der Waals surface area contributed by atoms with E-state index < -0.39 is 59.1 Å². The Labute approximate surface area is 260 Å². The maximum atomic E-state index is 15.7. The van der Waals surface area contributed by atoms with E-state index in [1.807, 2.05) is 13.0 Å². The minimum absolute atomic E-state index is 0.0222. The van der Waals surface area contributed by atoms with Crippen molar-refractivity contribution < 1.29 is 43.6 Å². The minimum atomic E-state index is -1.57. The van der Waals surface area contributed by atoms with Crippen LogP contribution in [0.2, 0.25) is 0 Å².